The highest BCUT2D eigenvalue weighted by molar-refractivity contribution is 6.01. The van der Waals surface area contributed by atoms with Gasteiger partial charge in [-0.3, -0.25) is 4.79 Å². The molecule has 3 aliphatic rings. The zero-order chi connectivity index (χ0) is 19.4. The normalized spacial score (nSPS) is 30.0. The molecule has 0 spiro atoms. The van der Waals surface area contributed by atoms with Crippen molar-refractivity contribution in [3.63, 3.8) is 0 Å². The van der Waals surface area contributed by atoms with E-state index in [0.717, 1.165) is 17.3 Å². The number of rotatable bonds is 2. The third kappa shape index (κ3) is 2.63. The summed E-state index contributed by atoms with van der Waals surface area (Å²) in [4.78, 5) is 13.0. The van der Waals surface area contributed by atoms with E-state index in [2.05, 4.69) is 15.5 Å². The minimum atomic E-state index is -4.45. The molecule has 7 heteroatoms. The van der Waals surface area contributed by atoms with E-state index >= 15 is 0 Å². The van der Waals surface area contributed by atoms with Gasteiger partial charge in [0.15, 0.2) is 11.9 Å². The second-order valence-corrected chi connectivity index (χ2v) is 7.49. The van der Waals surface area contributed by atoms with Crippen LogP contribution in [0.1, 0.15) is 44.2 Å². The molecule has 1 N–H and O–H groups in total. The van der Waals surface area contributed by atoms with Crippen LogP contribution in [0.3, 0.4) is 0 Å². The number of hydrogen-bond donors (Lipinski definition) is 1. The summed E-state index contributed by atoms with van der Waals surface area (Å²) in [5, 5.41) is 11.5. The first-order chi connectivity index (χ1) is 12.8. The Balaban J connectivity index is 1.98. The number of nitrogens with one attached hydrogen (secondary N) is 1. The third-order valence-corrected chi connectivity index (χ3v) is 5.78. The van der Waals surface area contributed by atoms with Gasteiger partial charge in [-0.05, 0) is 30.4 Å². The quantitative estimate of drug-likeness (QED) is 0.801. The molecule has 2 aliphatic heterocycles. The highest BCUT2D eigenvalue weighted by Gasteiger charge is 2.52. The van der Waals surface area contributed by atoms with Crippen LogP contribution in [0.2, 0.25) is 0 Å². The van der Waals surface area contributed by atoms with E-state index in [9.17, 15) is 18.0 Å². The molecule has 1 unspecified atom stereocenters. The number of Topliss-reactive ketones (excluding diaryl/α,β-unsaturated/α-hetero) is 1. The molecule has 0 saturated heterocycles. The van der Waals surface area contributed by atoms with Gasteiger partial charge in [-0.1, -0.05) is 32.0 Å². The van der Waals surface area contributed by atoms with E-state index < -0.39 is 23.3 Å². The van der Waals surface area contributed by atoms with Crippen molar-refractivity contribution in [1.82, 2.24) is 5.32 Å². The van der Waals surface area contributed by atoms with Crippen molar-refractivity contribution in [3.8, 4) is 0 Å². The lowest BCUT2D eigenvalue weighted by Crippen LogP contribution is -2.50. The van der Waals surface area contributed by atoms with Gasteiger partial charge in [-0.15, -0.1) is 0 Å². The van der Waals surface area contributed by atoms with Crippen molar-refractivity contribution in [2.24, 2.45) is 16.1 Å². The van der Waals surface area contributed by atoms with Gasteiger partial charge in [0.05, 0.1) is 17.2 Å². The van der Waals surface area contributed by atoms with E-state index in [1.54, 1.807) is 12.3 Å². The Morgan fingerprint density at radius 3 is 2.78 bits per heavy atom. The van der Waals surface area contributed by atoms with Crippen LogP contribution in [0.5, 0.6) is 0 Å². The first kappa shape index (κ1) is 17.9. The molecule has 0 fully saturated rings. The van der Waals surface area contributed by atoms with Crippen molar-refractivity contribution in [1.29, 1.82) is 0 Å². The first-order valence-electron chi connectivity index (χ1n) is 9.09. The van der Waals surface area contributed by atoms with Crippen LogP contribution in [0, 0.1) is 5.92 Å². The minimum Gasteiger partial charge on any atom is -0.362 e. The number of carbonyl (C=O) groups excluding carboxylic acids is 1. The molecule has 1 aromatic carbocycles. The van der Waals surface area contributed by atoms with E-state index in [1.807, 2.05) is 13.8 Å². The van der Waals surface area contributed by atoms with Crippen molar-refractivity contribution >= 4 is 5.78 Å². The predicted molar refractivity (Wildman–Crippen MR) is 93.7 cm³/mol. The van der Waals surface area contributed by atoms with Gasteiger partial charge in [0.2, 0.25) is 0 Å². The summed E-state index contributed by atoms with van der Waals surface area (Å²) >= 11 is 0. The summed E-state index contributed by atoms with van der Waals surface area (Å²) in [6, 6.07) is 5.31. The van der Waals surface area contributed by atoms with Crippen LogP contribution < -0.4 is 5.32 Å². The number of benzene rings is 1. The van der Waals surface area contributed by atoms with E-state index in [-0.39, 0.29) is 11.7 Å². The van der Waals surface area contributed by atoms with Gasteiger partial charge in [-0.25, -0.2) is 0 Å². The average Bonchev–Trinajstić information content (AvgIpc) is 3.07. The summed E-state index contributed by atoms with van der Waals surface area (Å²) in [5.74, 6) is 0.172. The molecule has 1 aromatic rings. The molecule has 2 heterocycles. The number of fused-ring (bicyclic) bond motifs is 1. The predicted octanol–water partition coefficient (Wildman–Crippen LogP) is 4.89. The van der Waals surface area contributed by atoms with Crippen LogP contribution in [-0.2, 0) is 16.4 Å². The Bertz CT molecular complexity index is 900. The van der Waals surface area contributed by atoms with Crippen LogP contribution in [0.4, 0.5) is 13.2 Å². The smallest absolute Gasteiger partial charge is 0.362 e. The average molecular weight is 375 g/mol. The fourth-order valence-corrected chi connectivity index (χ4v) is 4.65. The molecule has 4 nitrogen and oxygen atoms in total. The maximum Gasteiger partial charge on any atom is 0.416 e. The third-order valence-electron chi connectivity index (χ3n) is 5.78. The van der Waals surface area contributed by atoms with Gasteiger partial charge in [0.25, 0.3) is 0 Å². The number of ketones is 1. The monoisotopic (exact) mass is 375 g/mol. The lowest BCUT2D eigenvalue weighted by atomic mass is 9.60. The molecule has 142 valence electrons. The topological polar surface area (TPSA) is 53.8 Å². The molecule has 0 bridgehead atoms. The number of nitrogens with zero attached hydrogens (tertiary/aromatic N) is 2. The van der Waals surface area contributed by atoms with Gasteiger partial charge in [0.1, 0.15) is 0 Å². The number of halogens is 3. The van der Waals surface area contributed by atoms with Crippen LogP contribution in [-0.4, -0.2) is 11.9 Å². The highest BCUT2D eigenvalue weighted by atomic mass is 19.4. The Labute approximate surface area is 155 Å². The number of azo groups is 1. The molecule has 0 aromatic heterocycles. The maximum absolute atomic E-state index is 13.3. The molecular formula is C20H20F3N3O. The fourth-order valence-electron chi connectivity index (χ4n) is 4.65. The Kier molecular flexibility index (Phi) is 4.01. The molecular weight excluding hydrogens is 355 g/mol. The highest BCUT2D eigenvalue weighted by Crippen LogP contribution is 2.52. The van der Waals surface area contributed by atoms with Crippen molar-refractivity contribution < 1.29 is 18.0 Å². The lowest BCUT2D eigenvalue weighted by Gasteiger charge is -2.46. The Morgan fingerprint density at radius 1 is 1.30 bits per heavy atom. The molecule has 3 atom stereocenters. The van der Waals surface area contributed by atoms with Crippen LogP contribution in [0.15, 0.2) is 57.5 Å². The largest absolute Gasteiger partial charge is 0.416 e. The number of alkyl halides is 3. The van der Waals surface area contributed by atoms with Crippen molar-refractivity contribution in [3.05, 3.63) is 58.4 Å². The zero-order valence-corrected chi connectivity index (χ0v) is 15.1. The molecule has 1 aliphatic carbocycles. The minimum absolute atomic E-state index is 0.0123. The van der Waals surface area contributed by atoms with Gasteiger partial charge in [-0.2, -0.15) is 23.4 Å². The second-order valence-electron chi connectivity index (χ2n) is 7.49. The molecule has 0 saturated carbocycles. The first-order valence-corrected chi connectivity index (χ1v) is 9.09. The Hall–Kier alpha value is -2.44. The van der Waals surface area contributed by atoms with Gasteiger partial charge >= 0.3 is 6.18 Å². The second kappa shape index (κ2) is 6.04. The van der Waals surface area contributed by atoms with E-state index in [4.69, 9.17) is 0 Å². The van der Waals surface area contributed by atoms with Crippen molar-refractivity contribution in [2.45, 2.75) is 50.9 Å². The number of carbonyl (C=O) groups is 1. The molecule has 0 amide bonds. The van der Waals surface area contributed by atoms with E-state index in [0.29, 0.717) is 30.4 Å². The van der Waals surface area contributed by atoms with Gasteiger partial charge in [0, 0.05) is 23.3 Å². The Morgan fingerprint density at radius 2 is 2.07 bits per heavy atom. The SMILES string of the molecule is CC[C@@]1(c2cccc(C(F)(F)F)c2)C2=CN=NC2NC2=C1C(=O)C[C@H](C)C2. The summed E-state index contributed by atoms with van der Waals surface area (Å²) in [6.07, 6.45) is -1.75. The number of allylic oxidation sites excluding steroid dienone is 2. The van der Waals surface area contributed by atoms with Crippen molar-refractivity contribution in [2.75, 3.05) is 0 Å². The molecule has 27 heavy (non-hydrogen) atoms. The summed E-state index contributed by atoms with van der Waals surface area (Å²) in [7, 11) is 0. The number of hydrogen-bond acceptors (Lipinski definition) is 4. The standard InChI is InChI=1S/C20H20F3N3O/c1-3-19(12-5-4-6-13(9-12)20(21,22)23)14-10-24-26-18(14)25-15-7-11(2)8-16(27)17(15)19/h4-6,9-11,18,25H,3,7-8H2,1-2H3/t11-,18?,19-/m1/s1. The van der Waals surface area contributed by atoms with E-state index in [1.165, 1.54) is 12.1 Å². The summed E-state index contributed by atoms with van der Waals surface area (Å²) in [6.45, 7) is 3.90. The lowest BCUT2D eigenvalue weighted by molar-refractivity contribution is -0.137. The van der Waals surface area contributed by atoms with Crippen LogP contribution >= 0.6 is 0 Å². The summed E-state index contributed by atoms with van der Waals surface area (Å²) < 4.78 is 40.0. The molecule has 0 radical (unpaired) electrons. The maximum atomic E-state index is 13.3. The van der Waals surface area contributed by atoms with Crippen LogP contribution in [0.25, 0.3) is 0 Å². The van der Waals surface area contributed by atoms with Gasteiger partial charge < -0.3 is 5.32 Å². The summed E-state index contributed by atoms with van der Waals surface area (Å²) in [5.41, 5.74) is 0.936. The molecule has 4 rings (SSSR count). The zero-order valence-electron chi connectivity index (χ0n) is 15.1. The fraction of sp³-hybridized carbons (Fsp3) is 0.450.